The van der Waals surface area contributed by atoms with Crippen LogP contribution in [0.3, 0.4) is 0 Å². The van der Waals surface area contributed by atoms with Crippen LogP contribution in [0.5, 0.6) is 11.5 Å². The molecule has 2 aliphatic rings. The number of esters is 1. The van der Waals surface area contributed by atoms with Crippen molar-refractivity contribution >= 4 is 5.97 Å². The van der Waals surface area contributed by atoms with E-state index < -0.39 is 30.0 Å². The second kappa shape index (κ2) is 7.71. The largest absolute Gasteiger partial charge is 0.465 e. The summed E-state index contributed by atoms with van der Waals surface area (Å²) in [7, 11) is 1.74. The van der Waals surface area contributed by atoms with Crippen molar-refractivity contribution in [2.24, 2.45) is 0 Å². The van der Waals surface area contributed by atoms with Crippen molar-refractivity contribution in [3.8, 4) is 11.5 Å². The fourth-order valence-electron chi connectivity index (χ4n) is 4.42. The van der Waals surface area contributed by atoms with Gasteiger partial charge in [0.1, 0.15) is 12.1 Å². The monoisotopic (exact) mass is 398 g/mol. The van der Waals surface area contributed by atoms with E-state index in [1.165, 1.54) is 0 Å². The van der Waals surface area contributed by atoms with Crippen molar-refractivity contribution in [2.45, 2.75) is 31.0 Å². The fourth-order valence-corrected chi connectivity index (χ4v) is 4.42. The molecular formula is C21H22N2O6. The third kappa shape index (κ3) is 3.29. The highest BCUT2D eigenvalue weighted by molar-refractivity contribution is 5.78. The third-order valence-corrected chi connectivity index (χ3v) is 5.60. The number of carbonyl (C=O) groups is 1. The molecule has 0 amide bonds. The van der Waals surface area contributed by atoms with Crippen molar-refractivity contribution in [1.82, 2.24) is 4.90 Å². The molecule has 0 aromatic heterocycles. The summed E-state index contributed by atoms with van der Waals surface area (Å²) >= 11 is 0. The zero-order chi connectivity index (χ0) is 20.5. The van der Waals surface area contributed by atoms with Gasteiger partial charge in [0, 0.05) is 4.92 Å². The number of hydrogen-bond acceptors (Lipinski definition) is 7. The summed E-state index contributed by atoms with van der Waals surface area (Å²) in [4.78, 5) is 26.6. The van der Waals surface area contributed by atoms with Gasteiger partial charge in [0.05, 0.1) is 12.5 Å². The van der Waals surface area contributed by atoms with Gasteiger partial charge < -0.3 is 14.2 Å². The van der Waals surface area contributed by atoms with Crippen molar-refractivity contribution in [3.05, 3.63) is 69.8 Å². The molecule has 0 radical (unpaired) electrons. The van der Waals surface area contributed by atoms with Crippen molar-refractivity contribution < 1.29 is 23.9 Å². The predicted octanol–water partition coefficient (Wildman–Crippen LogP) is 2.76. The molecule has 0 saturated carbocycles. The van der Waals surface area contributed by atoms with Gasteiger partial charge in [0.25, 0.3) is 0 Å². The smallest absolute Gasteiger partial charge is 0.324 e. The van der Waals surface area contributed by atoms with Crippen molar-refractivity contribution in [1.29, 1.82) is 0 Å². The Balaban J connectivity index is 1.83. The van der Waals surface area contributed by atoms with E-state index in [2.05, 4.69) is 0 Å². The standard InChI is InChI=1S/C21H22N2O6/c1-3-27-21(24)20-17(14-9-10-15-16(11-14)29-12-28-15)19(23(25)26)18(22(20)2)13-7-5-4-6-8-13/h4-11,17-20H,3,12H2,1-2H3/t17-,18-,19-,20+/m1/s1. The molecule has 0 bridgehead atoms. The molecule has 2 aromatic carbocycles. The lowest BCUT2D eigenvalue weighted by molar-refractivity contribution is -0.528. The number of ether oxygens (including phenoxy) is 3. The van der Waals surface area contributed by atoms with Gasteiger partial charge in [-0.1, -0.05) is 36.4 Å². The van der Waals surface area contributed by atoms with Crippen LogP contribution in [-0.2, 0) is 9.53 Å². The second-order valence-corrected chi connectivity index (χ2v) is 7.13. The number of rotatable bonds is 5. The van der Waals surface area contributed by atoms with Gasteiger partial charge in [-0.25, -0.2) is 0 Å². The highest BCUT2D eigenvalue weighted by Gasteiger charge is 2.58. The van der Waals surface area contributed by atoms with Gasteiger partial charge in [-0.15, -0.1) is 0 Å². The lowest BCUT2D eigenvalue weighted by Crippen LogP contribution is -2.38. The molecule has 2 aromatic rings. The number of fused-ring (bicyclic) bond motifs is 1. The first-order valence-corrected chi connectivity index (χ1v) is 9.49. The van der Waals surface area contributed by atoms with Gasteiger partial charge in [-0.3, -0.25) is 19.8 Å². The maximum absolute atomic E-state index is 12.9. The summed E-state index contributed by atoms with van der Waals surface area (Å²) in [6.45, 7) is 2.04. The molecule has 0 unspecified atom stereocenters. The summed E-state index contributed by atoms with van der Waals surface area (Å²) < 4.78 is 16.1. The SMILES string of the molecule is CCOC(=O)[C@@H]1[C@H](c2ccc3c(c2)OCO3)[C@@H]([N+](=O)[O-])[C@@H](c2ccccc2)N1C. The minimum absolute atomic E-state index is 0.107. The van der Waals surface area contributed by atoms with Crippen LogP contribution in [0.25, 0.3) is 0 Å². The van der Waals surface area contributed by atoms with Gasteiger partial charge >= 0.3 is 5.97 Å². The number of likely N-dealkylation sites (N-methyl/N-ethyl adjacent to an activating group) is 1. The molecule has 8 heteroatoms. The summed E-state index contributed by atoms with van der Waals surface area (Å²) in [6, 6.07) is 12.1. The van der Waals surface area contributed by atoms with E-state index in [0.29, 0.717) is 17.1 Å². The first-order chi connectivity index (χ1) is 14.0. The van der Waals surface area contributed by atoms with E-state index in [0.717, 1.165) is 5.56 Å². The molecule has 0 N–H and O–H groups in total. The minimum atomic E-state index is -1.03. The van der Waals surface area contributed by atoms with E-state index in [4.69, 9.17) is 14.2 Å². The summed E-state index contributed by atoms with van der Waals surface area (Å²) in [5.74, 6) is -0.0558. The van der Waals surface area contributed by atoms with Crippen LogP contribution in [0.15, 0.2) is 48.5 Å². The summed E-state index contributed by atoms with van der Waals surface area (Å²) in [5, 5.41) is 12.2. The summed E-state index contributed by atoms with van der Waals surface area (Å²) in [6.07, 6.45) is 0. The normalized spacial score (nSPS) is 25.7. The highest BCUT2D eigenvalue weighted by Crippen LogP contribution is 2.48. The number of hydrogen-bond donors (Lipinski definition) is 0. The van der Waals surface area contributed by atoms with Crippen LogP contribution in [0.1, 0.15) is 30.0 Å². The van der Waals surface area contributed by atoms with Gasteiger partial charge in [-0.05, 0) is 37.2 Å². The Morgan fingerprint density at radius 2 is 1.90 bits per heavy atom. The maximum atomic E-state index is 12.9. The Bertz CT molecular complexity index is 919. The van der Waals surface area contributed by atoms with Gasteiger partial charge in [0.2, 0.25) is 12.8 Å². The van der Waals surface area contributed by atoms with Crippen molar-refractivity contribution in [2.75, 3.05) is 20.4 Å². The second-order valence-electron chi connectivity index (χ2n) is 7.13. The Labute approximate surface area is 168 Å². The van der Waals surface area contributed by atoms with Crippen LogP contribution >= 0.6 is 0 Å². The Hall–Kier alpha value is -3.13. The molecule has 8 nitrogen and oxygen atoms in total. The average molecular weight is 398 g/mol. The molecule has 1 saturated heterocycles. The topological polar surface area (TPSA) is 91.1 Å². The fraction of sp³-hybridized carbons (Fsp3) is 0.381. The Kier molecular flexibility index (Phi) is 5.10. The highest BCUT2D eigenvalue weighted by atomic mass is 16.7. The van der Waals surface area contributed by atoms with Gasteiger partial charge in [0.15, 0.2) is 11.5 Å². The van der Waals surface area contributed by atoms with Crippen LogP contribution < -0.4 is 9.47 Å². The molecule has 29 heavy (non-hydrogen) atoms. The molecule has 1 fully saturated rings. The molecule has 4 atom stereocenters. The number of carbonyl (C=O) groups excluding carboxylic acids is 1. The first kappa shape index (κ1) is 19.2. The molecule has 2 aliphatic heterocycles. The zero-order valence-corrected chi connectivity index (χ0v) is 16.2. The molecule has 4 rings (SSSR count). The van der Waals surface area contributed by atoms with Gasteiger partial charge in [-0.2, -0.15) is 0 Å². The molecule has 0 aliphatic carbocycles. The predicted molar refractivity (Wildman–Crippen MR) is 103 cm³/mol. The van der Waals surface area contributed by atoms with E-state index in [1.54, 1.807) is 37.1 Å². The van der Waals surface area contributed by atoms with Crippen LogP contribution in [0.2, 0.25) is 0 Å². The van der Waals surface area contributed by atoms with E-state index in [-0.39, 0.29) is 18.3 Å². The Morgan fingerprint density at radius 3 is 2.59 bits per heavy atom. The average Bonchev–Trinajstić information content (AvgIpc) is 3.30. The quantitative estimate of drug-likeness (QED) is 0.434. The van der Waals surface area contributed by atoms with E-state index >= 15 is 0 Å². The van der Waals surface area contributed by atoms with Crippen molar-refractivity contribution in [3.63, 3.8) is 0 Å². The lowest BCUT2D eigenvalue weighted by atomic mass is 9.85. The lowest BCUT2D eigenvalue weighted by Gasteiger charge is -2.24. The summed E-state index contributed by atoms with van der Waals surface area (Å²) in [5.41, 5.74) is 1.44. The molecule has 0 spiro atoms. The zero-order valence-electron chi connectivity index (χ0n) is 16.2. The molecular weight excluding hydrogens is 376 g/mol. The third-order valence-electron chi connectivity index (χ3n) is 5.60. The maximum Gasteiger partial charge on any atom is 0.324 e. The van der Waals surface area contributed by atoms with Crippen LogP contribution in [0, 0.1) is 10.1 Å². The van der Waals surface area contributed by atoms with E-state index in [1.807, 2.05) is 30.3 Å². The molecule has 2 heterocycles. The number of nitro groups is 1. The number of likely N-dealkylation sites (tertiary alicyclic amines) is 1. The van der Waals surface area contributed by atoms with Crippen LogP contribution in [-0.4, -0.2) is 48.3 Å². The Morgan fingerprint density at radius 1 is 1.17 bits per heavy atom. The van der Waals surface area contributed by atoms with Crippen LogP contribution in [0.4, 0.5) is 0 Å². The number of nitrogens with zero attached hydrogens (tertiary/aromatic N) is 2. The molecule has 152 valence electrons. The minimum Gasteiger partial charge on any atom is -0.465 e. The number of benzene rings is 2. The first-order valence-electron chi connectivity index (χ1n) is 9.49. The van der Waals surface area contributed by atoms with E-state index in [9.17, 15) is 14.9 Å².